The topological polar surface area (TPSA) is 109 Å². The molecule has 3 N–H and O–H groups in total. The lowest BCUT2D eigenvalue weighted by atomic mass is 9.73. The van der Waals surface area contributed by atoms with E-state index in [4.69, 9.17) is 21.8 Å². The first-order valence-corrected chi connectivity index (χ1v) is 10.7. The van der Waals surface area contributed by atoms with Gasteiger partial charge in [0, 0.05) is 42.0 Å². The molecule has 0 saturated heterocycles. The van der Waals surface area contributed by atoms with E-state index in [9.17, 15) is 14.4 Å². The third kappa shape index (κ3) is 7.66. The van der Waals surface area contributed by atoms with Crippen LogP contribution in [-0.4, -0.2) is 33.3 Å². The molecule has 0 amide bonds. The average Bonchev–Trinajstić information content (AvgIpc) is 2.71. The van der Waals surface area contributed by atoms with Gasteiger partial charge in [-0.25, -0.2) is 9.59 Å². The number of rotatable bonds is 6. The molecule has 1 aliphatic carbocycles. The lowest BCUT2D eigenvalue weighted by Gasteiger charge is -2.38. The van der Waals surface area contributed by atoms with Crippen molar-refractivity contribution in [3.63, 3.8) is 0 Å². The predicted molar refractivity (Wildman–Crippen MR) is 124 cm³/mol. The first-order valence-electron chi connectivity index (χ1n) is 10.3. The van der Waals surface area contributed by atoms with Gasteiger partial charge in [-0.15, -0.1) is 0 Å². The lowest BCUT2D eigenvalue weighted by molar-refractivity contribution is -0.134. The minimum atomic E-state index is -1.26. The molecule has 1 aromatic heterocycles. The van der Waals surface area contributed by atoms with E-state index in [1.165, 1.54) is 16.8 Å². The fourth-order valence-electron chi connectivity index (χ4n) is 3.79. The van der Waals surface area contributed by atoms with Crippen molar-refractivity contribution in [2.75, 3.05) is 6.54 Å². The largest absolute Gasteiger partial charge is 0.478 e. The highest BCUT2D eigenvalue weighted by atomic mass is 35.5. The monoisotopic (exact) mass is 460 g/mol. The Morgan fingerprint density at radius 1 is 1.12 bits per heavy atom. The zero-order chi connectivity index (χ0) is 23.9. The Morgan fingerprint density at radius 3 is 2.28 bits per heavy atom. The SMILES string of the molecule is Cn1c2c(ccc1=O)C(NCCc1ccc(Cl)cc1)CC(C)(C)C2.O=C(O)C=CC(=O)O. The Bertz CT molecular complexity index is 1030. The maximum atomic E-state index is 12.0. The van der Waals surface area contributed by atoms with Crippen LogP contribution in [0.5, 0.6) is 0 Å². The van der Waals surface area contributed by atoms with E-state index in [1.54, 1.807) is 6.07 Å². The van der Waals surface area contributed by atoms with Crippen LogP contribution in [0.3, 0.4) is 0 Å². The van der Waals surface area contributed by atoms with Crippen LogP contribution in [0.2, 0.25) is 5.02 Å². The summed E-state index contributed by atoms with van der Waals surface area (Å²) in [4.78, 5) is 31.1. The molecular weight excluding hydrogens is 432 g/mol. The highest BCUT2D eigenvalue weighted by Gasteiger charge is 2.33. The Hall–Kier alpha value is -2.90. The minimum Gasteiger partial charge on any atom is -0.478 e. The Labute approximate surface area is 192 Å². The molecule has 2 aromatic rings. The van der Waals surface area contributed by atoms with Crippen molar-refractivity contribution in [1.82, 2.24) is 9.88 Å². The van der Waals surface area contributed by atoms with E-state index in [1.807, 2.05) is 29.8 Å². The van der Waals surface area contributed by atoms with E-state index in [2.05, 4.69) is 31.3 Å². The van der Waals surface area contributed by atoms with Gasteiger partial charge in [0.25, 0.3) is 0 Å². The molecule has 0 bridgehead atoms. The van der Waals surface area contributed by atoms with Gasteiger partial charge in [0.15, 0.2) is 0 Å². The number of nitrogens with zero attached hydrogens (tertiary/aromatic N) is 1. The molecular formula is C24H29ClN2O5. The second kappa shape index (κ2) is 11.1. The second-order valence-electron chi connectivity index (χ2n) is 8.57. The second-order valence-corrected chi connectivity index (χ2v) is 9.01. The third-order valence-electron chi connectivity index (χ3n) is 5.34. The Kier molecular flexibility index (Phi) is 8.80. The van der Waals surface area contributed by atoms with Gasteiger partial charge in [0.05, 0.1) is 0 Å². The summed E-state index contributed by atoms with van der Waals surface area (Å²) in [7, 11) is 1.88. The van der Waals surface area contributed by atoms with Gasteiger partial charge in [-0.05, 0) is 54.5 Å². The standard InChI is InChI=1S/C20H25ClN2O.C4H4O4/c1-20(2)12-17(16-8-9-19(24)23(3)18(16)13-20)22-11-10-14-4-6-15(21)7-5-14;5-3(6)1-2-4(7)8/h4-9,17,22H,10-13H2,1-3H3;1-2H,(H,5,6)(H,7,8). The van der Waals surface area contributed by atoms with Crippen molar-refractivity contribution < 1.29 is 19.8 Å². The molecule has 0 aliphatic heterocycles. The van der Waals surface area contributed by atoms with Gasteiger partial charge >= 0.3 is 11.9 Å². The highest BCUT2D eigenvalue weighted by molar-refractivity contribution is 6.30. The van der Waals surface area contributed by atoms with E-state index < -0.39 is 11.9 Å². The number of hydrogen-bond donors (Lipinski definition) is 3. The number of carbonyl (C=O) groups is 2. The average molecular weight is 461 g/mol. The first-order chi connectivity index (χ1) is 15.0. The molecule has 172 valence electrons. The smallest absolute Gasteiger partial charge is 0.328 e. The normalized spacial score (nSPS) is 16.7. The maximum absolute atomic E-state index is 12.0. The van der Waals surface area contributed by atoms with Crippen LogP contribution >= 0.6 is 11.6 Å². The van der Waals surface area contributed by atoms with Crippen molar-refractivity contribution in [3.8, 4) is 0 Å². The van der Waals surface area contributed by atoms with Crippen molar-refractivity contribution in [3.05, 3.63) is 80.7 Å². The molecule has 1 aliphatic rings. The van der Waals surface area contributed by atoms with Gasteiger partial charge < -0.3 is 20.1 Å². The van der Waals surface area contributed by atoms with Crippen LogP contribution in [-0.2, 0) is 29.5 Å². The molecule has 0 saturated carbocycles. The number of nitrogens with one attached hydrogen (secondary N) is 1. The van der Waals surface area contributed by atoms with Crippen LogP contribution in [0.25, 0.3) is 0 Å². The summed E-state index contributed by atoms with van der Waals surface area (Å²) >= 11 is 5.94. The summed E-state index contributed by atoms with van der Waals surface area (Å²) in [5, 5.41) is 20.1. The number of aliphatic carboxylic acids is 2. The number of carboxylic acid groups (broad SMARTS) is 2. The number of hydrogen-bond acceptors (Lipinski definition) is 4. The molecule has 1 heterocycles. The van der Waals surface area contributed by atoms with E-state index in [0.29, 0.717) is 18.2 Å². The van der Waals surface area contributed by atoms with Crippen LogP contribution in [0, 0.1) is 5.41 Å². The Balaban J connectivity index is 0.000000390. The van der Waals surface area contributed by atoms with E-state index in [0.717, 1.165) is 30.8 Å². The van der Waals surface area contributed by atoms with Crippen molar-refractivity contribution in [1.29, 1.82) is 0 Å². The van der Waals surface area contributed by atoms with Gasteiger partial charge in [-0.2, -0.15) is 0 Å². The van der Waals surface area contributed by atoms with Crippen molar-refractivity contribution in [2.45, 2.75) is 39.2 Å². The summed E-state index contributed by atoms with van der Waals surface area (Å²) in [5.41, 5.74) is 3.99. The zero-order valence-electron chi connectivity index (χ0n) is 18.5. The molecule has 7 nitrogen and oxygen atoms in total. The van der Waals surface area contributed by atoms with Crippen LogP contribution in [0.1, 0.15) is 43.1 Å². The molecule has 1 atom stereocenters. The number of halogens is 1. The number of aromatic nitrogens is 1. The van der Waals surface area contributed by atoms with E-state index in [-0.39, 0.29) is 11.0 Å². The molecule has 1 aromatic carbocycles. The number of benzene rings is 1. The van der Waals surface area contributed by atoms with Crippen molar-refractivity contribution in [2.24, 2.45) is 12.5 Å². The minimum absolute atomic E-state index is 0.0753. The summed E-state index contributed by atoms with van der Waals surface area (Å²) < 4.78 is 1.81. The van der Waals surface area contributed by atoms with Gasteiger partial charge in [-0.3, -0.25) is 4.79 Å². The van der Waals surface area contributed by atoms with E-state index >= 15 is 0 Å². The van der Waals surface area contributed by atoms with Gasteiger partial charge in [0.2, 0.25) is 5.56 Å². The van der Waals surface area contributed by atoms with Crippen molar-refractivity contribution >= 4 is 23.5 Å². The summed E-state index contributed by atoms with van der Waals surface area (Å²) in [6.45, 7) is 5.47. The zero-order valence-corrected chi connectivity index (χ0v) is 19.2. The van der Waals surface area contributed by atoms with Gasteiger partial charge in [0.1, 0.15) is 0 Å². The Morgan fingerprint density at radius 2 is 1.72 bits per heavy atom. The molecule has 32 heavy (non-hydrogen) atoms. The molecule has 0 fully saturated rings. The fourth-order valence-corrected chi connectivity index (χ4v) is 3.91. The molecule has 1 unspecified atom stereocenters. The van der Waals surface area contributed by atoms with Crippen LogP contribution in [0.15, 0.2) is 53.3 Å². The van der Waals surface area contributed by atoms with Crippen LogP contribution < -0.4 is 10.9 Å². The number of carboxylic acids is 2. The summed E-state index contributed by atoms with van der Waals surface area (Å²) in [5.74, 6) is -2.51. The molecule has 3 rings (SSSR count). The number of pyridine rings is 1. The first kappa shape index (κ1) is 25.4. The number of fused-ring (bicyclic) bond motifs is 1. The van der Waals surface area contributed by atoms with Crippen LogP contribution in [0.4, 0.5) is 0 Å². The quantitative estimate of drug-likeness (QED) is 0.568. The summed E-state index contributed by atoms with van der Waals surface area (Å²) in [6.07, 6.45) is 4.11. The molecule has 8 heteroatoms. The molecule has 0 spiro atoms. The van der Waals surface area contributed by atoms with Gasteiger partial charge in [-0.1, -0.05) is 43.6 Å². The fraction of sp³-hybridized carbons (Fsp3) is 0.375. The highest BCUT2D eigenvalue weighted by Crippen LogP contribution is 2.39. The summed E-state index contributed by atoms with van der Waals surface area (Å²) in [6, 6.07) is 12.0. The third-order valence-corrected chi connectivity index (χ3v) is 5.59. The molecule has 0 radical (unpaired) electrons. The predicted octanol–water partition coefficient (Wildman–Crippen LogP) is 3.60. The lowest BCUT2D eigenvalue weighted by Crippen LogP contribution is -2.37. The maximum Gasteiger partial charge on any atom is 0.328 e.